The van der Waals surface area contributed by atoms with Gasteiger partial charge in [0, 0.05) is 18.5 Å². The Bertz CT molecular complexity index is 554. The second-order valence-corrected chi connectivity index (χ2v) is 4.22. The number of aromatic nitrogens is 1. The van der Waals surface area contributed by atoms with E-state index in [4.69, 9.17) is 4.74 Å². The van der Waals surface area contributed by atoms with E-state index < -0.39 is 0 Å². The van der Waals surface area contributed by atoms with Crippen molar-refractivity contribution in [3.05, 3.63) is 42.1 Å². The lowest BCUT2D eigenvalue weighted by Crippen LogP contribution is -2.36. The van der Waals surface area contributed by atoms with Crippen molar-refractivity contribution < 1.29 is 9.53 Å². The molecule has 0 saturated carbocycles. The van der Waals surface area contributed by atoms with Crippen LogP contribution in [0.5, 0.6) is 0 Å². The topological polar surface area (TPSA) is 51.2 Å². The van der Waals surface area contributed by atoms with Gasteiger partial charge < -0.3 is 10.1 Å². The summed E-state index contributed by atoms with van der Waals surface area (Å²) in [5.74, 6) is -0.176. The zero-order valence-corrected chi connectivity index (χ0v) is 10.5. The first kappa shape index (κ1) is 12.5. The number of benzene rings is 1. The van der Waals surface area contributed by atoms with Gasteiger partial charge in [-0.05, 0) is 19.1 Å². The summed E-state index contributed by atoms with van der Waals surface area (Å²) < 4.78 is 4.98. The summed E-state index contributed by atoms with van der Waals surface area (Å²) in [5, 5.41) is 3.86. The van der Waals surface area contributed by atoms with Crippen molar-refractivity contribution in [2.75, 3.05) is 13.7 Å². The first-order valence-electron chi connectivity index (χ1n) is 5.86. The van der Waals surface area contributed by atoms with Crippen molar-refractivity contribution >= 4 is 16.8 Å². The Labute approximate surface area is 106 Å². The Balaban J connectivity index is 2.17. The highest BCUT2D eigenvalue weighted by atomic mass is 16.5. The molecule has 4 nitrogen and oxygen atoms in total. The number of carbonyl (C=O) groups excluding carboxylic acids is 1. The molecule has 0 aliphatic rings. The number of amides is 1. The van der Waals surface area contributed by atoms with Gasteiger partial charge in [-0.15, -0.1) is 0 Å². The maximum atomic E-state index is 11.9. The van der Waals surface area contributed by atoms with Gasteiger partial charge in [-0.2, -0.15) is 0 Å². The van der Waals surface area contributed by atoms with E-state index in [0.29, 0.717) is 12.3 Å². The van der Waals surface area contributed by atoms with Crippen molar-refractivity contribution in [3.8, 4) is 0 Å². The van der Waals surface area contributed by atoms with E-state index in [2.05, 4.69) is 10.3 Å². The molecule has 1 atom stereocenters. The lowest BCUT2D eigenvalue weighted by molar-refractivity contribution is 0.0901. The Hall–Kier alpha value is -1.94. The molecular formula is C14H16N2O2. The van der Waals surface area contributed by atoms with Crippen LogP contribution in [0.25, 0.3) is 10.9 Å². The first-order valence-corrected chi connectivity index (χ1v) is 5.86. The van der Waals surface area contributed by atoms with E-state index in [-0.39, 0.29) is 11.9 Å². The quantitative estimate of drug-likeness (QED) is 0.895. The zero-order chi connectivity index (χ0) is 13.0. The number of fused-ring (bicyclic) bond motifs is 1. The van der Waals surface area contributed by atoms with E-state index in [1.807, 2.05) is 37.3 Å². The summed E-state index contributed by atoms with van der Waals surface area (Å²) in [5.41, 5.74) is 1.25. The van der Waals surface area contributed by atoms with Crippen molar-refractivity contribution in [1.82, 2.24) is 10.3 Å². The second kappa shape index (κ2) is 5.60. The predicted molar refractivity (Wildman–Crippen MR) is 70.5 cm³/mol. The van der Waals surface area contributed by atoms with Crippen molar-refractivity contribution in [2.24, 2.45) is 0 Å². The van der Waals surface area contributed by atoms with Gasteiger partial charge >= 0.3 is 0 Å². The van der Waals surface area contributed by atoms with Gasteiger partial charge in [0.15, 0.2) is 0 Å². The summed E-state index contributed by atoms with van der Waals surface area (Å²) in [4.78, 5) is 16.3. The minimum atomic E-state index is -0.176. The number of methoxy groups -OCH3 is 1. The molecule has 1 N–H and O–H groups in total. The molecule has 1 aromatic heterocycles. The predicted octanol–water partition coefficient (Wildman–Crippen LogP) is 2.00. The second-order valence-electron chi connectivity index (χ2n) is 4.22. The Morgan fingerprint density at radius 2 is 2.11 bits per heavy atom. The maximum absolute atomic E-state index is 11.9. The minimum absolute atomic E-state index is 0.0317. The van der Waals surface area contributed by atoms with Gasteiger partial charge in [0.05, 0.1) is 12.1 Å². The number of carbonyl (C=O) groups is 1. The molecule has 0 aliphatic carbocycles. The number of hydrogen-bond donors (Lipinski definition) is 1. The average Bonchev–Trinajstić information content (AvgIpc) is 2.38. The summed E-state index contributed by atoms with van der Waals surface area (Å²) in [7, 11) is 1.61. The fourth-order valence-electron chi connectivity index (χ4n) is 1.78. The van der Waals surface area contributed by atoms with E-state index in [1.165, 1.54) is 0 Å². The summed E-state index contributed by atoms with van der Waals surface area (Å²) in [6, 6.07) is 11.3. The number of nitrogens with one attached hydrogen (secondary N) is 1. The van der Waals surface area contributed by atoms with Crippen LogP contribution in [0.4, 0.5) is 0 Å². The van der Waals surface area contributed by atoms with Crippen LogP contribution in [0.3, 0.4) is 0 Å². The minimum Gasteiger partial charge on any atom is -0.383 e. The van der Waals surface area contributed by atoms with Crippen LogP contribution in [-0.2, 0) is 4.74 Å². The van der Waals surface area contributed by atoms with Gasteiger partial charge in [-0.1, -0.05) is 24.3 Å². The first-order chi connectivity index (χ1) is 8.70. The highest BCUT2D eigenvalue weighted by Gasteiger charge is 2.11. The molecule has 2 rings (SSSR count). The molecule has 0 saturated heterocycles. The SMILES string of the molecule is COCC(C)NC(=O)c1ccc2ccccc2n1. The zero-order valence-electron chi connectivity index (χ0n) is 10.5. The lowest BCUT2D eigenvalue weighted by Gasteiger charge is -2.12. The smallest absolute Gasteiger partial charge is 0.270 e. The number of para-hydroxylation sites is 1. The van der Waals surface area contributed by atoms with E-state index in [9.17, 15) is 4.79 Å². The molecule has 0 radical (unpaired) electrons. The Kier molecular flexibility index (Phi) is 3.89. The highest BCUT2D eigenvalue weighted by Crippen LogP contribution is 2.11. The van der Waals surface area contributed by atoms with Crippen LogP contribution in [0.1, 0.15) is 17.4 Å². The third kappa shape index (κ3) is 2.84. The molecule has 0 bridgehead atoms. The third-order valence-electron chi connectivity index (χ3n) is 2.63. The molecule has 18 heavy (non-hydrogen) atoms. The molecule has 2 aromatic rings. The Morgan fingerprint density at radius 3 is 2.89 bits per heavy atom. The van der Waals surface area contributed by atoms with Crippen molar-refractivity contribution in [3.63, 3.8) is 0 Å². The molecule has 1 amide bonds. The molecule has 0 spiro atoms. The number of nitrogens with zero attached hydrogens (tertiary/aromatic N) is 1. The number of hydrogen-bond acceptors (Lipinski definition) is 3. The number of rotatable bonds is 4. The monoisotopic (exact) mass is 244 g/mol. The normalized spacial score (nSPS) is 12.3. The standard InChI is InChI=1S/C14H16N2O2/c1-10(9-18-2)15-14(17)13-8-7-11-5-3-4-6-12(11)16-13/h3-8,10H,9H2,1-2H3,(H,15,17). The molecule has 4 heteroatoms. The van der Waals surface area contributed by atoms with Crippen LogP contribution in [-0.4, -0.2) is 30.6 Å². The lowest BCUT2D eigenvalue weighted by atomic mass is 10.2. The molecule has 1 heterocycles. The molecule has 0 fully saturated rings. The summed E-state index contributed by atoms with van der Waals surface area (Å²) in [6.45, 7) is 2.38. The van der Waals surface area contributed by atoms with Gasteiger partial charge in [0.2, 0.25) is 0 Å². The van der Waals surface area contributed by atoms with Crippen LogP contribution in [0, 0.1) is 0 Å². The van der Waals surface area contributed by atoms with E-state index in [1.54, 1.807) is 13.2 Å². The highest BCUT2D eigenvalue weighted by molar-refractivity contribution is 5.95. The molecular weight excluding hydrogens is 228 g/mol. The largest absolute Gasteiger partial charge is 0.383 e. The van der Waals surface area contributed by atoms with Gasteiger partial charge in [-0.25, -0.2) is 4.98 Å². The van der Waals surface area contributed by atoms with Crippen molar-refractivity contribution in [1.29, 1.82) is 0 Å². The summed E-state index contributed by atoms with van der Waals surface area (Å²) >= 11 is 0. The van der Waals surface area contributed by atoms with Gasteiger partial charge in [0.25, 0.3) is 5.91 Å². The van der Waals surface area contributed by atoms with Crippen LogP contribution < -0.4 is 5.32 Å². The molecule has 1 unspecified atom stereocenters. The van der Waals surface area contributed by atoms with Gasteiger partial charge in [0.1, 0.15) is 5.69 Å². The fraction of sp³-hybridized carbons (Fsp3) is 0.286. The third-order valence-corrected chi connectivity index (χ3v) is 2.63. The maximum Gasteiger partial charge on any atom is 0.270 e. The van der Waals surface area contributed by atoms with Crippen LogP contribution in [0.2, 0.25) is 0 Å². The van der Waals surface area contributed by atoms with Gasteiger partial charge in [-0.3, -0.25) is 4.79 Å². The average molecular weight is 244 g/mol. The Morgan fingerprint density at radius 1 is 1.33 bits per heavy atom. The van der Waals surface area contributed by atoms with Crippen LogP contribution >= 0.6 is 0 Å². The van der Waals surface area contributed by atoms with Crippen molar-refractivity contribution in [2.45, 2.75) is 13.0 Å². The summed E-state index contributed by atoms with van der Waals surface area (Å²) in [6.07, 6.45) is 0. The fourth-order valence-corrected chi connectivity index (χ4v) is 1.78. The number of ether oxygens (including phenoxy) is 1. The van der Waals surface area contributed by atoms with E-state index in [0.717, 1.165) is 10.9 Å². The molecule has 1 aromatic carbocycles. The van der Waals surface area contributed by atoms with E-state index >= 15 is 0 Å². The van der Waals surface area contributed by atoms with Crippen LogP contribution in [0.15, 0.2) is 36.4 Å². The molecule has 94 valence electrons. The number of pyridine rings is 1. The molecule has 0 aliphatic heterocycles.